The largest absolute Gasteiger partial charge is 0.288 e. The van der Waals surface area contributed by atoms with Gasteiger partial charge in [0.05, 0.1) is 21.3 Å². The van der Waals surface area contributed by atoms with Crippen molar-refractivity contribution in [2.45, 2.75) is 19.3 Å². The van der Waals surface area contributed by atoms with E-state index in [4.69, 9.17) is 0 Å². The summed E-state index contributed by atoms with van der Waals surface area (Å²) in [6.45, 7) is 0.722. The van der Waals surface area contributed by atoms with Gasteiger partial charge in [-0.2, -0.15) is 0 Å². The van der Waals surface area contributed by atoms with Crippen LogP contribution in [0.15, 0.2) is 78.9 Å². The minimum atomic E-state index is -0.292. The zero-order valence-corrected chi connectivity index (χ0v) is 19.3. The lowest BCUT2D eigenvalue weighted by atomic mass is 10.1. The highest BCUT2D eigenvalue weighted by atomic mass is 32.1. The molecule has 1 aromatic heterocycles. The Bertz CT molecular complexity index is 1300. The molecule has 0 saturated carbocycles. The number of hydrogen-bond acceptors (Lipinski definition) is 5. The molecule has 0 unspecified atom stereocenters. The number of fused-ring (bicyclic) bond motifs is 2. The van der Waals surface area contributed by atoms with E-state index in [-0.39, 0.29) is 30.7 Å². The lowest BCUT2D eigenvalue weighted by molar-refractivity contribution is -0.118. The van der Waals surface area contributed by atoms with Gasteiger partial charge in [-0.25, -0.2) is 4.98 Å². The second kappa shape index (κ2) is 9.57. The molecule has 2 heterocycles. The van der Waals surface area contributed by atoms with E-state index in [1.165, 1.54) is 16.2 Å². The van der Waals surface area contributed by atoms with E-state index in [0.717, 1.165) is 15.8 Å². The minimum Gasteiger partial charge on any atom is -0.288 e. The molecule has 0 aliphatic carbocycles. The molecule has 1 aliphatic heterocycles. The van der Waals surface area contributed by atoms with Gasteiger partial charge in [0.15, 0.2) is 5.13 Å². The van der Waals surface area contributed by atoms with Crippen molar-refractivity contribution in [3.05, 3.63) is 95.6 Å². The quantitative estimate of drug-likeness (QED) is 0.343. The molecule has 0 N–H and O–H groups in total. The van der Waals surface area contributed by atoms with Gasteiger partial charge >= 0.3 is 0 Å². The number of imide groups is 1. The average Bonchev–Trinajstić information content (AvgIpc) is 3.40. The Balaban J connectivity index is 1.28. The van der Waals surface area contributed by atoms with Crippen molar-refractivity contribution in [1.29, 1.82) is 0 Å². The first-order valence-electron chi connectivity index (χ1n) is 11.3. The average molecular weight is 470 g/mol. The molecule has 170 valence electrons. The maximum atomic E-state index is 13.3. The van der Waals surface area contributed by atoms with Crippen LogP contribution < -0.4 is 4.90 Å². The number of para-hydroxylation sites is 1. The highest BCUT2D eigenvalue weighted by Gasteiger charge is 2.34. The number of carbonyl (C=O) groups is 3. The van der Waals surface area contributed by atoms with Crippen LogP contribution >= 0.6 is 11.3 Å². The van der Waals surface area contributed by atoms with Gasteiger partial charge < -0.3 is 0 Å². The van der Waals surface area contributed by atoms with Crippen molar-refractivity contribution < 1.29 is 14.4 Å². The fraction of sp³-hybridized carbons (Fsp3) is 0.185. The minimum absolute atomic E-state index is 0.0633. The molecule has 1 aliphatic rings. The first-order chi connectivity index (χ1) is 16.6. The van der Waals surface area contributed by atoms with Gasteiger partial charge in [0.2, 0.25) is 5.91 Å². The van der Waals surface area contributed by atoms with Crippen molar-refractivity contribution in [2.24, 2.45) is 0 Å². The zero-order valence-electron chi connectivity index (χ0n) is 18.5. The topological polar surface area (TPSA) is 70.6 Å². The highest BCUT2D eigenvalue weighted by Crippen LogP contribution is 2.29. The van der Waals surface area contributed by atoms with Crippen LogP contribution in [0, 0.1) is 0 Å². The van der Waals surface area contributed by atoms with Crippen molar-refractivity contribution in [3.63, 3.8) is 0 Å². The second-order valence-electron chi connectivity index (χ2n) is 8.16. The third-order valence-electron chi connectivity index (χ3n) is 5.93. The van der Waals surface area contributed by atoms with Crippen LogP contribution in [-0.2, 0) is 11.2 Å². The molecule has 3 aromatic carbocycles. The highest BCUT2D eigenvalue weighted by molar-refractivity contribution is 7.22. The Morgan fingerprint density at radius 3 is 2.21 bits per heavy atom. The smallest absolute Gasteiger partial charge is 0.261 e. The molecular weight excluding hydrogens is 446 g/mol. The summed E-state index contributed by atoms with van der Waals surface area (Å²) in [6, 6.07) is 24.7. The summed E-state index contributed by atoms with van der Waals surface area (Å²) in [5, 5.41) is 0.669. The summed E-state index contributed by atoms with van der Waals surface area (Å²) in [5.74, 6) is -0.646. The Kier molecular flexibility index (Phi) is 6.18. The summed E-state index contributed by atoms with van der Waals surface area (Å²) in [4.78, 5) is 46.2. The molecule has 7 heteroatoms. The van der Waals surface area contributed by atoms with Gasteiger partial charge in [0.25, 0.3) is 11.8 Å². The van der Waals surface area contributed by atoms with Crippen LogP contribution in [0.4, 0.5) is 5.13 Å². The van der Waals surface area contributed by atoms with E-state index >= 15 is 0 Å². The fourth-order valence-corrected chi connectivity index (χ4v) is 5.16. The lowest BCUT2D eigenvalue weighted by Crippen LogP contribution is -2.35. The Hall–Kier alpha value is -3.84. The third-order valence-corrected chi connectivity index (χ3v) is 6.99. The van der Waals surface area contributed by atoms with Crippen LogP contribution in [-0.4, -0.2) is 40.7 Å². The summed E-state index contributed by atoms with van der Waals surface area (Å²) < 4.78 is 1.03. The normalized spacial score (nSPS) is 12.9. The molecule has 3 amide bonds. The number of carbonyl (C=O) groups excluding carboxylic acids is 3. The molecule has 5 rings (SSSR count). The molecule has 4 aromatic rings. The van der Waals surface area contributed by atoms with E-state index in [1.807, 2.05) is 54.6 Å². The van der Waals surface area contributed by atoms with E-state index in [9.17, 15) is 14.4 Å². The summed E-state index contributed by atoms with van der Waals surface area (Å²) >= 11 is 1.50. The number of thiazole rings is 1. The van der Waals surface area contributed by atoms with Crippen molar-refractivity contribution >= 4 is 44.4 Å². The van der Waals surface area contributed by atoms with E-state index < -0.39 is 0 Å². The molecule has 6 nitrogen and oxygen atoms in total. The maximum Gasteiger partial charge on any atom is 0.261 e. The molecule has 0 fully saturated rings. The summed E-state index contributed by atoms with van der Waals surface area (Å²) in [5.41, 5.74) is 2.87. The molecule has 0 saturated heterocycles. The molecule has 0 radical (unpaired) electrons. The van der Waals surface area contributed by atoms with Crippen LogP contribution in [0.3, 0.4) is 0 Å². The summed E-state index contributed by atoms with van der Waals surface area (Å²) in [6.07, 6.45) is 1.33. The van der Waals surface area contributed by atoms with Gasteiger partial charge in [-0.3, -0.25) is 24.2 Å². The van der Waals surface area contributed by atoms with Crippen molar-refractivity contribution in [3.8, 4) is 0 Å². The van der Waals surface area contributed by atoms with Crippen LogP contribution in [0.5, 0.6) is 0 Å². The monoisotopic (exact) mass is 469 g/mol. The number of benzene rings is 3. The van der Waals surface area contributed by atoms with Crippen LogP contribution in [0.25, 0.3) is 10.2 Å². The maximum absolute atomic E-state index is 13.3. The van der Waals surface area contributed by atoms with Gasteiger partial charge in [0.1, 0.15) is 0 Å². The Labute approximate surface area is 201 Å². The predicted octanol–water partition coefficient (Wildman–Crippen LogP) is 4.95. The molecule has 0 atom stereocenters. The second-order valence-corrected chi connectivity index (χ2v) is 9.17. The third kappa shape index (κ3) is 4.34. The van der Waals surface area contributed by atoms with Gasteiger partial charge in [-0.15, -0.1) is 0 Å². The molecule has 34 heavy (non-hydrogen) atoms. The van der Waals surface area contributed by atoms with Crippen molar-refractivity contribution in [2.75, 3.05) is 18.0 Å². The number of rotatable bonds is 8. The SMILES string of the molecule is O=C1c2ccccc2C(=O)N1CCCC(=O)N(CCc1ccccc1)c1nc2ccccc2s1. The lowest BCUT2D eigenvalue weighted by Gasteiger charge is -2.21. The predicted molar refractivity (Wildman–Crippen MR) is 133 cm³/mol. The summed E-state index contributed by atoms with van der Waals surface area (Å²) in [7, 11) is 0. The number of aromatic nitrogens is 1. The van der Waals surface area contributed by atoms with Gasteiger partial charge in [0, 0.05) is 19.5 Å². The van der Waals surface area contributed by atoms with E-state index in [2.05, 4.69) is 4.98 Å². The first-order valence-corrected chi connectivity index (χ1v) is 12.1. The van der Waals surface area contributed by atoms with Crippen molar-refractivity contribution in [1.82, 2.24) is 9.88 Å². The number of hydrogen-bond donors (Lipinski definition) is 0. The Morgan fingerprint density at radius 2 is 1.50 bits per heavy atom. The van der Waals surface area contributed by atoms with E-state index in [1.54, 1.807) is 29.2 Å². The van der Waals surface area contributed by atoms with Gasteiger partial charge in [-0.05, 0) is 42.7 Å². The zero-order chi connectivity index (χ0) is 23.5. The molecular formula is C27H23N3O3S. The van der Waals surface area contributed by atoms with E-state index in [0.29, 0.717) is 35.6 Å². The Morgan fingerprint density at radius 1 is 0.853 bits per heavy atom. The van der Waals surface area contributed by atoms with Gasteiger partial charge in [-0.1, -0.05) is 65.9 Å². The standard InChI is InChI=1S/C27H23N3O3S/c31-24(15-8-17-30-25(32)20-11-4-5-12-21(20)26(30)33)29(18-16-19-9-2-1-3-10-19)27-28-22-13-6-7-14-23(22)34-27/h1-7,9-14H,8,15-18H2. The van der Waals surface area contributed by atoms with Crippen LogP contribution in [0.1, 0.15) is 39.1 Å². The first kappa shape index (κ1) is 22.0. The molecule has 0 bridgehead atoms. The number of amides is 3. The fourth-order valence-electron chi connectivity index (χ4n) is 4.15. The number of nitrogens with zero attached hydrogens (tertiary/aromatic N) is 3. The van der Waals surface area contributed by atoms with Crippen LogP contribution in [0.2, 0.25) is 0 Å². The molecule has 0 spiro atoms. The number of anilines is 1.